The zero-order chi connectivity index (χ0) is 42.9. The predicted molar refractivity (Wildman–Crippen MR) is 205 cm³/mol. The molecule has 2 fully saturated rings. The number of carbonyl (C=O) groups excluding carboxylic acids is 6. The minimum absolute atomic E-state index is 0.00114. The summed E-state index contributed by atoms with van der Waals surface area (Å²) in [5.74, 6) is -3.85. The van der Waals surface area contributed by atoms with Crippen LogP contribution in [-0.4, -0.2) is 94.8 Å². The molecule has 4 aromatic carbocycles. The van der Waals surface area contributed by atoms with Crippen molar-refractivity contribution in [2.75, 3.05) is 34.5 Å². The van der Waals surface area contributed by atoms with Crippen LogP contribution in [-0.2, 0) is 28.5 Å². The number of methoxy groups -OCH3 is 3. The normalized spacial score (nSPS) is 17.5. The summed E-state index contributed by atoms with van der Waals surface area (Å²) in [6.07, 6.45) is -1.22. The summed E-state index contributed by atoms with van der Waals surface area (Å²) in [5.41, 5.74) is 0.375. The van der Waals surface area contributed by atoms with E-state index in [1.165, 1.54) is 100 Å². The van der Waals surface area contributed by atoms with Gasteiger partial charge in [0.1, 0.15) is 18.0 Å². The van der Waals surface area contributed by atoms with Crippen molar-refractivity contribution < 1.29 is 80.9 Å². The first-order chi connectivity index (χ1) is 28.9. The van der Waals surface area contributed by atoms with Crippen molar-refractivity contribution in [2.24, 2.45) is 0 Å². The van der Waals surface area contributed by atoms with Crippen molar-refractivity contribution in [3.63, 3.8) is 0 Å². The van der Waals surface area contributed by atoms with Gasteiger partial charge in [0.15, 0.2) is 46.7 Å². The Morgan fingerprint density at radius 3 is 1.27 bits per heavy atom. The smallest absolute Gasteiger partial charge is 0.343 e. The van der Waals surface area contributed by atoms with Gasteiger partial charge in [-0.3, -0.25) is 0 Å². The molecule has 17 nitrogen and oxygen atoms in total. The zero-order valence-corrected chi connectivity index (χ0v) is 32.2. The van der Waals surface area contributed by atoms with E-state index in [2.05, 4.69) is 13.2 Å². The molecule has 4 atom stereocenters. The molecule has 60 heavy (non-hydrogen) atoms. The van der Waals surface area contributed by atoms with Crippen LogP contribution in [0.15, 0.2) is 104 Å². The van der Waals surface area contributed by atoms with Gasteiger partial charge in [-0.25, -0.2) is 28.8 Å². The number of hydrogen-bond donors (Lipinski definition) is 0. The lowest BCUT2D eigenvalue weighted by molar-refractivity contribution is -0.129. The molecule has 3 unspecified atom stereocenters. The first-order valence-electron chi connectivity index (χ1n) is 17.9. The fraction of sp³-hybridized carbons (Fsp3) is 0.209. The van der Waals surface area contributed by atoms with Gasteiger partial charge in [-0.1, -0.05) is 13.2 Å². The molecule has 0 amide bonds. The molecule has 2 aliphatic rings. The molecular formula is C43H36O17. The standard InChI is InChI=1S/C43H36O17/c1-6-36(44)55-27-13-8-23(9-14-27)40(46)57-29-16-11-25(19-32(29)51-4)42(48)59-34-21-53-39-35(22-54-38(34)39)60-43(49)26-12-17-30(33(20-26)52-5)58-41(47)24-10-15-28(31(18-24)50-3)56-37(45)7-2/h6-20,34-35,38-39H,1-2,21-22H2,3-5H3/t34?,35?,38?,39-/m1/s1. The average Bonchev–Trinajstić information content (AvgIpc) is 3.86. The lowest BCUT2D eigenvalue weighted by Crippen LogP contribution is -2.36. The Balaban J connectivity index is 1.03. The van der Waals surface area contributed by atoms with Gasteiger partial charge in [-0.05, 0) is 78.9 Å². The molecule has 0 saturated carbocycles. The fourth-order valence-electron chi connectivity index (χ4n) is 5.96. The molecule has 0 spiro atoms. The Kier molecular flexibility index (Phi) is 13.2. The molecule has 6 rings (SSSR count). The highest BCUT2D eigenvalue weighted by molar-refractivity contribution is 5.95. The van der Waals surface area contributed by atoms with Crippen LogP contribution in [0.2, 0.25) is 0 Å². The summed E-state index contributed by atoms with van der Waals surface area (Å²) in [5, 5.41) is 0. The largest absolute Gasteiger partial charge is 0.493 e. The molecule has 0 aliphatic carbocycles. The Morgan fingerprint density at radius 2 is 0.850 bits per heavy atom. The summed E-state index contributed by atoms with van der Waals surface area (Å²) in [7, 11) is 4.00. The summed E-state index contributed by atoms with van der Waals surface area (Å²) in [6, 6.07) is 17.9. The van der Waals surface area contributed by atoms with Gasteiger partial charge in [0.25, 0.3) is 0 Å². The maximum atomic E-state index is 13.3. The molecule has 310 valence electrons. The van der Waals surface area contributed by atoms with Crippen LogP contribution >= 0.6 is 0 Å². The summed E-state index contributed by atoms with van der Waals surface area (Å²) < 4.78 is 60.2. The van der Waals surface area contributed by atoms with Gasteiger partial charge in [-0.15, -0.1) is 0 Å². The lowest BCUT2D eigenvalue weighted by Gasteiger charge is -2.18. The zero-order valence-electron chi connectivity index (χ0n) is 32.2. The van der Waals surface area contributed by atoms with E-state index in [4.69, 9.17) is 52.1 Å². The number of ether oxygens (including phenoxy) is 11. The summed E-state index contributed by atoms with van der Waals surface area (Å²) in [6.45, 7) is 6.58. The monoisotopic (exact) mass is 824 g/mol. The van der Waals surface area contributed by atoms with Crippen LogP contribution in [0, 0.1) is 0 Å². The number of esters is 6. The molecule has 0 aromatic heterocycles. The van der Waals surface area contributed by atoms with Crippen LogP contribution in [0.4, 0.5) is 0 Å². The van der Waals surface area contributed by atoms with Gasteiger partial charge in [0.05, 0.1) is 56.8 Å². The molecule has 17 heteroatoms. The number of fused-ring (bicyclic) bond motifs is 1. The molecule has 4 aromatic rings. The van der Waals surface area contributed by atoms with E-state index in [1.807, 2.05) is 0 Å². The number of hydrogen-bond acceptors (Lipinski definition) is 17. The Labute approximate surface area is 341 Å². The first kappa shape index (κ1) is 42.1. The second kappa shape index (κ2) is 18.8. The third kappa shape index (κ3) is 9.61. The minimum atomic E-state index is -0.856. The molecule has 2 heterocycles. The van der Waals surface area contributed by atoms with Gasteiger partial charge in [0.2, 0.25) is 0 Å². The highest BCUT2D eigenvalue weighted by atomic mass is 16.7. The Bertz CT molecular complexity index is 2330. The molecule has 0 radical (unpaired) electrons. The minimum Gasteiger partial charge on any atom is -0.493 e. The number of benzene rings is 4. The summed E-state index contributed by atoms with van der Waals surface area (Å²) >= 11 is 0. The van der Waals surface area contributed by atoms with Gasteiger partial charge < -0.3 is 52.1 Å². The van der Waals surface area contributed by atoms with E-state index < -0.39 is 60.2 Å². The maximum Gasteiger partial charge on any atom is 0.343 e. The van der Waals surface area contributed by atoms with Gasteiger partial charge >= 0.3 is 35.8 Å². The fourth-order valence-corrected chi connectivity index (χ4v) is 5.96. The molecular weight excluding hydrogens is 788 g/mol. The Hall–Kier alpha value is -7.50. The van der Waals surface area contributed by atoms with Crippen LogP contribution < -0.4 is 33.2 Å². The third-order valence-corrected chi connectivity index (χ3v) is 8.94. The molecule has 2 saturated heterocycles. The van der Waals surface area contributed by atoms with Crippen molar-refractivity contribution in [3.05, 3.63) is 126 Å². The van der Waals surface area contributed by atoms with E-state index >= 15 is 0 Å². The highest BCUT2D eigenvalue weighted by Gasteiger charge is 2.51. The molecule has 2 aliphatic heterocycles. The van der Waals surface area contributed by atoms with E-state index in [1.54, 1.807) is 0 Å². The van der Waals surface area contributed by atoms with Crippen LogP contribution in [0.1, 0.15) is 41.4 Å². The van der Waals surface area contributed by atoms with Crippen LogP contribution in [0.3, 0.4) is 0 Å². The van der Waals surface area contributed by atoms with Crippen molar-refractivity contribution in [3.8, 4) is 40.2 Å². The predicted octanol–water partition coefficient (Wildman–Crippen LogP) is 4.88. The van der Waals surface area contributed by atoms with Crippen LogP contribution in [0.25, 0.3) is 0 Å². The van der Waals surface area contributed by atoms with E-state index in [9.17, 15) is 28.8 Å². The molecule has 0 N–H and O–H groups in total. The second-order valence-corrected chi connectivity index (χ2v) is 12.6. The van der Waals surface area contributed by atoms with Gasteiger partial charge in [0, 0.05) is 12.2 Å². The SMILES string of the molecule is C=CC(=O)Oc1ccc(C(=O)Oc2ccc(C(=O)OC3CO[C@@H]4C(OC(=O)c5ccc(OC(=O)c6ccc(OC(=O)C=C)c(OC)c6)c(OC)c5)COC34)cc2OC)cc1. The number of rotatable bonds is 15. The average molecular weight is 825 g/mol. The number of carbonyl (C=O) groups is 6. The van der Waals surface area contributed by atoms with Crippen LogP contribution in [0.5, 0.6) is 40.2 Å². The van der Waals surface area contributed by atoms with Crippen molar-refractivity contribution >= 4 is 35.8 Å². The van der Waals surface area contributed by atoms with E-state index in [-0.39, 0.29) is 75.7 Å². The van der Waals surface area contributed by atoms with Crippen molar-refractivity contribution in [2.45, 2.75) is 24.4 Å². The molecule has 0 bridgehead atoms. The highest BCUT2D eigenvalue weighted by Crippen LogP contribution is 2.35. The summed E-state index contributed by atoms with van der Waals surface area (Å²) in [4.78, 5) is 75.3. The van der Waals surface area contributed by atoms with E-state index in [0.29, 0.717) is 0 Å². The maximum absolute atomic E-state index is 13.3. The van der Waals surface area contributed by atoms with Crippen molar-refractivity contribution in [1.29, 1.82) is 0 Å². The lowest BCUT2D eigenvalue weighted by atomic mass is 10.1. The van der Waals surface area contributed by atoms with Crippen molar-refractivity contribution in [1.82, 2.24) is 0 Å². The van der Waals surface area contributed by atoms with E-state index in [0.717, 1.165) is 12.2 Å². The third-order valence-electron chi connectivity index (χ3n) is 8.94. The Morgan fingerprint density at radius 1 is 0.483 bits per heavy atom. The second-order valence-electron chi connectivity index (χ2n) is 12.6. The van der Waals surface area contributed by atoms with Gasteiger partial charge in [-0.2, -0.15) is 0 Å². The quantitative estimate of drug-likeness (QED) is 0.0890. The first-order valence-corrected chi connectivity index (χ1v) is 17.9. The topological polar surface area (TPSA) is 204 Å².